The molecule has 0 aliphatic carbocycles. The van der Waals surface area contributed by atoms with E-state index in [1.54, 1.807) is 17.0 Å². The maximum atomic E-state index is 12.8. The average Bonchev–Trinajstić information content (AvgIpc) is 3.37. The van der Waals surface area contributed by atoms with Crippen LogP contribution in [-0.2, 0) is 21.4 Å². The molecule has 0 bridgehead atoms. The predicted octanol–water partition coefficient (Wildman–Crippen LogP) is 2.78. The Kier molecular flexibility index (Phi) is 7.22. The summed E-state index contributed by atoms with van der Waals surface area (Å²) in [6.07, 6.45) is 3.17. The monoisotopic (exact) mass is 477 g/mol. The lowest BCUT2D eigenvalue weighted by molar-refractivity contribution is -0.128. The van der Waals surface area contributed by atoms with Crippen LogP contribution in [0.4, 0.5) is 0 Å². The lowest BCUT2D eigenvalue weighted by atomic mass is 10.2. The van der Waals surface area contributed by atoms with Crippen molar-refractivity contribution < 1.29 is 22.7 Å². The first-order valence-electron chi connectivity index (χ1n) is 10.7. The van der Waals surface area contributed by atoms with Crippen LogP contribution < -0.4 is 9.47 Å². The number of carbonyl (C=O) groups is 1. The minimum atomic E-state index is -3.48. The van der Waals surface area contributed by atoms with Gasteiger partial charge in [0.25, 0.3) is 0 Å². The number of thioether (sulfide) groups is 1. The molecule has 0 unspecified atom stereocenters. The van der Waals surface area contributed by atoms with Crippen molar-refractivity contribution in [3.8, 4) is 11.5 Å². The molecule has 32 heavy (non-hydrogen) atoms. The number of carbonyl (C=O) groups excluding carboxylic acids is 1. The molecule has 2 aromatic rings. The van der Waals surface area contributed by atoms with Crippen LogP contribution in [0.3, 0.4) is 0 Å². The number of pyridine rings is 1. The van der Waals surface area contributed by atoms with Crippen LogP contribution >= 0.6 is 11.8 Å². The van der Waals surface area contributed by atoms with Gasteiger partial charge >= 0.3 is 0 Å². The zero-order chi connectivity index (χ0) is 22.6. The summed E-state index contributed by atoms with van der Waals surface area (Å²) in [5.74, 6) is 1.65. The van der Waals surface area contributed by atoms with Crippen LogP contribution in [-0.4, -0.2) is 67.1 Å². The van der Waals surface area contributed by atoms with E-state index >= 15 is 0 Å². The molecule has 0 atom stereocenters. The van der Waals surface area contributed by atoms with Crippen molar-refractivity contribution in [2.24, 2.45) is 0 Å². The first-order chi connectivity index (χ1) is 15.5. The highest BCUT2D eigenvalue weighted by Crippen LogP contribution is 2.31. The van der Waals surface area contributed by atoms with Crippen LogP contribution in [0.2, 0.25) is 0 Å². The number of rotatable bonds is 8. The van der Waals surface area contributed by atoms with Gasteiger partial charge < -0.3 is 14.4 Å². The van der Waals surface area contributed by atoms with E-state index < -0.39 is 10.0 Å². The zero-order valence-corrected chi connectivity index (χ0v) is 19.7. The number of amides is 1. The summed E-state index contributed by atoms with van der Waals surface area (Å²) in [6.45, 7) is 5.18. The number of fused-ring (bicyclic) bond motifs is 1. The lowest BCUT2D eigenvalue weighted by Gasteiger charge is -2.23. The molecule has 1 fully saturated rings. The van der Waals surface area contributed by atoms with Gasteiger partial charge in [-0.05, 0) is 49.6 Å². The number of nitrogens with zero attached hydrogens (tertiary/aromatic N) is 3. The smallest absolute Gasteiger partial charge is 0.244 e. The van der Waals surface area contributed by atoms with E-state index in [1.807, 2.05) is 25.1 Å². The maximum Gasteiger partial charge on any atom is 0.244 e. The third-order valence-electron chi connectivity index (χ3n) is 5.47. The van der Waals surface area contributed by atoms with E-state index in [-0.39, 0.29) is 16.6 Å². The summed E-state index contributed by atoms with van der Waals surface area (Å²) in [4.78, 5) is 19.0. The SMILES string of the molecule is CCN(Cc1ccc2c(c1)OCCO2)C(=O)CSc1ccc(S(=O)(=O)N2CCCC2)cn1. The topological polar surface area (TPSA) is 89.0 Å². The van der Waals surface area contributed by atoms with Gasteiger partial charge in [-0.2, -0.15) is 4.31 Å². The molecule has 8 nitrogen and oxygen atoms in total. The second kappa shape index (κ2) is 10.1. The van der Waals surface area contributed by atoms with E-state index in [1.165, 1.54) is 22.3 Å². The Bertz CT molecular complexity index is 1050. The molecule has 1 aromatic carbocycles. The van der Waals surface area contributed by atoms with Crippen LogP contribution in [0.5, 0.6) is 11.5 Å². The standard InChI is InChI=1S/C22H27N3O5S2/c1-2-24(15-17-5-7-19-20(13-17)30-12-11-29-19)22(26)16-31-21-8-6-18(14-23-21)32(27,28)25-9-3-4-10-25/h5-8,13-14H,2-4,9-12,15-16H2,1H3. The summed E-state index contributed by atoms with van der Waals surface area (Å²) in [5.41, 5.74) is 0.976. The third kappa shape index (κ3) is 5.19. The Morgan fingerprint density at radius 2 is 1.88 bits per heavy atom. The third-order valence-corrected chi connectivity index (χ3v) is 8.28. The minimum Gasteiger partial charge on any atom is -0.486 e. The van der Waals surface area contributed by atoms with Gasteiger partial charge in [0.05, 0.1) is 10.8 Å². The summed E-state index contributed by atoms with van der Waals surface area (Å²) < 4.78 is 37.9. The summed E-state index contributed by atoms with van der Waals surface area (Å²) in [5, 5.41) is 0.620. The van der Waals surface area contributed by atoms with Gasteiger partial charge in [-0.25, -0.2) is 13.4 Å². The first kappa shape index (κ1) is 22.9. The molecule has 0 N–H and O–H groups in total. The van der Waals surface area contributed by atoms with E-state index in [4.69, 9.17) is 9.47 Å². The number of aromatic nitrogens is 1. The molecule has 10 heteroatoms. The van der Waals surface area contributed by atoms with Crippen LogP contribution in [0, 0.1) is 0 Å². The maximum absolute atomic E-state index is 12.8. The average molecular weight is 478 g/mol. The van der Waals surface area contributed by atoms with Gasteiger partial charge in [-0.15, -0.1) is 0 Å². The van der Waals surface area contributed by atoms with Crippen LogP contribution in [0.1, 0.15) is 25.3 Å². The fourth-order valence-corrected chi connectivity index (χ4v) is 5.90. The molecule has 172 valence electrons. The Morgan fingerprint density at radius 3 is 2.56 bits per heavy atom. The summed E-state index contributed by atoms with van der Waals surface area (Å²) >= 11 is 1.30. The van der Waals surface area contributed by atoms with Crippen molar-refractivity contribution in [1.82, 2.24) is 14.2 Å². The molecule has 1 saturated heterocycles. The molecular formula is C22H27N3O5S2. The number of hydrogen-bond donors (Lipinski definition) is 0. The number of hydrogen-bond acceptors (Lipinski definition) is 7. The Hall–Kier alpha value is -2.30. The fourth-order valence-electron chi connectivity index (χ4n) is 3.69. The molecule has 1 aromatic heterocycles. The highest BCUT2D eigenvalue weighted by Gasteiger charge is 2.27. The zero-order valence-electron chi connectivity index (χ0n) is 18.0. The number of benzene rings is 1. The fraction of sp³-hybridized carbons (Fsp3) is 0.455. The van der Waals surface area contributed by atoms with E-state index in [9.17, 15) is 13.2 Å². The largest absolute Gasteiger partial charge is 0.486 e. The van der Waals surface area contributed by atoms with Gasteiger partial charge in [-0.3, -0.25) is 4.79 Å². The molecular weight excluding hydrogens is 450 g/mol. The number of ether oxygens (including phenoxy) is 2. The Morgan fingerprint density at radius 1 is 1.12 bits per heavy atom. The van der Waals surface area contributed by atoms with Crippen molar-refractivity contribution in [1.29, 1.82) is 0 Å². The number of sulfonamides is 1. The van der Waals surface area contributed by atoms with Crippen molar-refractivity contribution in [2.75, 3.05) is 38.6 Å². The Balaban J connectivity index is 1.34. The van der Waals surface area contributed by atoms with Gasteiger partial charge in [-0.1, -0.05) is 17.8 Å². The van der Waals surface area contributed by atoms with E-state index in [0.29, 0.717) is 50.2 Å². The second-order valence-electron chi connectivity index (χ2n) is 7.62. The van der Waals surface area contributed by atoms with Gasteiger partial charge in [0.2, 0.25) is 15.9 Å². The normalized spacial score (nSPS) is 16.2. The van der Waals surface area contributed by atoms with Gasteiger partial charge in [0, 0.05) is 32.4 Å². The van der Waals surface area contributed by atoms with Crippen LogP contribution in [0.25, 0.3) is 0 Å². The highest BCUT2D eigenvalue weighted by molar-refractivity contribution is 7.99. The van der Waals surface area contributed by atoms with Gasteiger partial charge in [0.15, 0.2) is 11.5 Å². The highest BCUT2D eigenvalue weighted by atomic mass is 32.2. The molecule has 0 saturated carbocycles. The molecule has 4 rings (SSSR count). The van der Waals surface area contributed by atoms with Crippen molar-refractivity contribution in [3.05, 3.63) is 42.1 Å². The lowest BCUT2D eigenvalue weighted by Crippen LogP contribution is -2.31. The van der Waals surface area contributed by atoms with Crippen molar-refractivity contribution in [3.63, 3.8) is 0 Å². The summed E-state index contributed by atoms with van der Waals surface area (Å²) in [7, 11) is -3.48. The Labute approximate surface area is 193 Å². The molecule has 0 spiro atoms. The van der Waals surface area contributed by atoms with E-state index in [0.717, 1.165) is 24.2 Å². The minimum absolute atomic E-state index is 0.0112. The molecule has 2 aliphatic rings. The van der Waals surface area contributed by atoms with Gasteiger partial charge in [0.1, 0.15) is 18.1 Å². The predicted molar refractivity (Wildman–Crippen MR) is 121 cm³/mol. The molecule has 3 heterocycles. The molecule has 1 amide bonds. The molecule has 2 aliphatic heterocycles. The van der Waals surface area contributed by atoms with Crippen molar-refractivity contribution in [2.45, 2.75) is 36.2 Å². The van der Waals surface area contributed by atoms with Crippen LogP contribution in [0.15, 0.2) is 46.5 Å². The summed E-state index contributed by atoms with van der Waals surface area (Å²) in [6, 6.07) is 8.97. The quantitative estimate of drug-likeness (QED) is 0.540. The molecule has 0 radical (unpaired) electrons. The second-order valence-corrected chi connectivity index (χ2v) is 10.6. The van der Waals surface area contributed by atoms with E-state index in [2.05, 4.69) is 4.98 Å². The first-order valence-corrected chi connectivity index (χ1v) is 13.2. The van der Waals surface area contributed by atoms with Crippen molar-refractivity contribution >= 4 is 27.7 Å².